The van der Waals surface area contributed by atoms with Gasteiger partial charge in [0.2, 0.25) is 0 Å². The lowest BCUT2D eigenvalue weighted by molar-refractivity contribution is 0.268. The highest BCUT2D eigenvalue weighted by Gasteiger charge is 2.03. The van der Waals surface area contributed by atoms with Gasteiger partial charge in [-0.15, -0.1) is 12.4 Å². The lowest BCUT2D eigenvalue weighted by atomic mass is 10.1. The average Bonchev–Trinajstić information content (AvgIpc) is 2.03. The summed E-state index contributed by atoms with van der Waals surface area (Å²) in [6.07, 6.45) is 0. The van der Waals surface area contributed by atoms with Crippen LogP contribution in [0, 0.1) is 5.82 Å². The maximum Gasteiger partial charge on any atom is 0.123 e. The van der Waals surface area contributed by atoms with Gasteiger partial charge in [0.1, 0.15) is 5.82 Å². The molecule has 1 rings (SSSR count). The first kappa shape index (κ1) is 11.4. The molecule has 1 atom stereocenters. The summed E-state index contributed by atoms with van der Waals surface area (Å²) in [5.74, 6) is -0.327. The highest BCUT2D eigenvalue weighted by Crippen LogP contribution is 2.10. The Morgan fingerprint density at radius 3 is 2.67 bits per heavy atom. The first-order valence-electron chi connectivity index (χ1n) is 3.36. The lowest BCUT2D eigenvalue weighted by Crippen LogP contribution is -2.14. The number of hydrogen-bond acceptors (Lipinski definition) is 2. The molecule has 0 bridgehead atoms. The minimum Gasteiger partial charge on any atom is -0.394 e. The van der Waals surface area contributed by atoms with Crippen molar-refractivity contribution < 1.29 is 9.50 Å². The Balaban J connectivity index is 0.00000121. The van der Waals surface area contributed by atoms with Crippen LogP contribution in [-0.4, -0.2) is 11.7 Å². The second-order valence-electron chi connectivity index (χ2n) is 2.34. The minimum absolute atomic E-state index is 0. The van der Waals surface area contributed by atoms with Crippen LogP contribution >= 0.6 is 12.4 Å². The van der Waals surface area contributed by atoms with Crippen molar-refractivity contribution in [1.29, 1.82) is 0 Å². The van der Waals surface area contributed by atoms with Gasteiger partial charge in [0.25, 0.3) is 0 Å². The fourth-order valence-corrected chi connectivity index (χ4v) is 0.843. The fourth-order valence-electron chi connectivity index (χ4n) is 0.843. The van der Waals surface area contributed by atoms with Crippen LogP contribution in [0.15, 0.2) is 24.3 Å². The van der Waals surface area contributed by atoms with E-state index in [-0.39, 0.29) is 24.8 Å². The summed E-state index contributed by atoms with van der Waals surface area (Å²) in [7, 11) is 0. The minimum atomic E-state index is -0.481. The van der Waals surface area contributed by atoms with Gasteiger partial charge in [-0.3, -0.25) is 0 Å². The zero-order valence-electron chi connectivity index (χ0n) is 6.40. The molecule has 68 valence electrons. The molecule has 12 heavy (non-hydrogen) atoms. The molecule has 0 aliphatic carbocycles. The predicted octanol–water partition coefficient (Wildman–Crippen LogP) is 1.24. The first-order valence-corrected chi connectivity index (χ1v) is 3.36. The second kappa shape index (κ2) is 5.09. The van der Waals surface area contributed by atoms with Crippen molar-refractivity contribution in [2.45, 2.75) is 6.04 Å². The monoisotopic (exact) mass is 191 g/mol. The molecular formula is C8H11ClFNO. The SMILES string of the molecule is Cl.NC(CO)c1cccc(F)c1. The highest BCUT2D eigenvalue weighted by molar-refractivity contribution is 5.85. The number of aliphatic hydroxyl groups excluding tert-OH is 1. The third-order valence-electron chi connectivity index (χ3n) is 1.47. The van der Waals surface area contributed by atoms with Crippen LogP contribution in [0.3, 0.4) is 0 Å². The smallest absolute Gasteiger partial charge is 0.123 e. The molecule has 0 fully saturated rings. The van der Waals surface area contributed by atoms with Crippen LogP contribution in [0.1, 0.15) is 11.6 Å². The topological polar surface area (TPSA) is 46.2 Å². The van der Waals surface area contributed by atoms with Crippen molar-refractivity contribution in [3.8, 4) is 0 Å². The van der Waals surface area contributed by atoms with Crippen LogP contribution in [0.5, 0.6) is 0 Å². The fraction of sp³-hybridized carbons (Fsp3) is 0.250. The number of halogens is 2. The van der Waals surface area contributed by atoms with E-state index in [1.165, 1.54) is 12.1 Å². The van der Waals surface area contributed by atoms with Gasteiger partial charge in [0.15, 0.2) is 0 Å². The van der Waals surface area contributed by atoms with Gasteiger partial charge < -0.3 is 10.8 Å². The van der Waals surface area contributed by atoms with Crippen LogP contribution in [0.25, 0.3) is 0 Å². The van der Waals surface area contributed by atoms with Gasteiger partial charge in [0.05, 0.1) is 12.6 Å². The van der Waals surface area contributed by atoms with Gasteiger partial charge in [-0.2, -0.15) is 0 Å². The maximum atomic E-state index is 12.5. The van der Waals surface area contributed by atoms with Crippen molar-refractivity contribution in [3.05, 3.63) is 35.6 Å². The van der Waals surface area contributed by atoms with E-state index in [0.717, 1.165) is 0 Å². The molecule has 1 unspecified atom stereocenters. The van der Waals surface area contributed by atoms with Gasteiger partial charge in [-0.1, -0.05) is 12.1 Å². The Morgan fingerprint density at radius 2 is 2.17 bits per heavy atom. The first-order chi connectivity index (χ1) is 5.24. The Kier molecular flexibility index (Phi) is 4.81. The van der Waals surface area contributed by atoms with E-state index in [9.17, 15) is 4.39 Å². The maximum absolute atomic E-state index is 12.5. The van der Waals surface area contributed by atoms with E-state index in [4.69, 9.17) is 10.8 Å². The van der Waals surface area contributed by atoms with Crippen molar-refractivity contribution in [1.82, 2.24) is 0 Å². The average molecular weight is 192 g/mol. The molecule has 1 aromatic carbocycles. The number of benzene rings is 1. The molecule has 0 amide bonds. The standard InChI is InChI=1S/C8H10FNO.ClH/c9-7-3-1-2-6(4-7)8(10)5-11;/h1-4,8,11H,5,10H2;1H. The number of hydrogen-bond donors (Lipinski definition) is 2. The van der Waals surface area contributed by atoms with Gasteiger partial charge in [-0.05, 0) is 17.7 Å². The van der Waals surface area contributed by atoms with Crippen molar-refractivity contribution >= 4 is 12.4 Å². The molecule has 0 aromatic heterocycles. The Morgan fingerprint density at radius 1 is 1.50 bits per heavy atom. The summed E-state index contributed by atoms with van der Waals surface area (Å²) in [5, 5.41) is 8.63. The normalized spacial score (nSPS) is 11.9. The molecule has 2 nitrogen and oxygen atoms in total. The van der Waals surface area contributed by atoms with Crippen molar-refractivity contribution in [3.63, 3.8) is 0 Å². The summed E-state index contributed by atoms with van der Waals surface area (Å²) < 4.78 is 12.5. The van der Waals surface area contributed by atoms with Crippen LogP contribution in [-0.2, 0) is 0 Å². The highest BCUT2D eigenvalue weighted by atomic mass is 35.5. The van der Waals surface area contributed by atoms with Gasteiger partial charge in [0, 0.05) is 0 Å². The zero-order chi connectivity index (χ0) is 8.27. The van der Waals surface area contributed by atoms with Gasteiger partial charge in [-0.25, -0.2) is 4.39 Å². The molecule has 0 aliphatic rings. The second-order valence-corrected chi connectivity index (χ2v) is 2.34. The molecule has 0 saturated heterocycles. The molecular weight excluding hydrogens is 181 g/mol. The van der Waals surface area contributed by atoms with Gasteiger partial charge >= 0.3 is 0 Å². The molecule has 0 aliphatic heterocycles. The molecule has 0 spiro atoms. The summed E-state index contributed by atoms with van der Waals surface area (Å²) >= 11 is 0. The van der Waals surface area contributed by atoms with E-state index in [1.807, 2.05) is 0 Å². The molecule has 0 radical (unpaired) electrons. The molecule has 1 aromatic rings. The van der Waals surface area contributed by atoms with Crippen molar-refractivity contribution in [2.75, 3.05) is 6.61 Å². The van der Waals surface area contributed by atoms with E-state index >= 15 is 0 Å². The zero-order valence-corrected chi connectivity index (χ0v) is 7.22. The summed E-state index contributed by atoms with van der Waals surface area (Å²) in [5.41, 5.74) is 6.06. The predicted molar refractivity (Wildman–Crippen MR) is 47.7 cm³/mol. The largest absolute Gasteiger partial charge is 0.394 e. The Bertz CT molecular complexity index is 244. The van der Waals surface area contributed by atoms with E-state index in [0.29, 0.717) is 5.56 Å². The van der Waals surface area contributed by atoms with E-state index in [1.54, 1.807) is 12.1 Å². The summed E-state index contributed by atoms with van der Waals surface area (Å²) in [4.78, 5) is 0. The third kappa shape index (κ3) is 2.77. The number of aliphatic hydroxyl groups is 1. The molecule has 3 N–H and O–H groups in total. The van der Waals surface area contributed by atoms with Crippen LogP contribution in [0.2, 0.25) is 0 Å². The van der Waals surface area contributed by atoms with E-state index in [2.05, 4.69) is 0 Å². The summed E-state index contributed by atoms with van der Waals surface area (Å²) in [6, 6.07) is 5.43. The number of rotatable bonds is 2. The Hall–Kier alpha value is -0.640. The molecule has 0 saturated carbocycles. The Labute approximate surface area is 76.6 Å². The van der Waals surface area contributed by atoms with Crippen LogP contribution < -0.4 is 5.73 Å². The van der Waals surface area contributed by atoms with Crippen LogP contribution in [0.4, 0.5) is 4.39 Å². The van der Waals surface area contributed by atoms with Crippen molar-refractivity contribution in [2.24, 2.45) is 5.73 Å². The lowest BCUT2D eigenvalue weighted by Gasteiger charge is -2.06. The quantitative estimate of drug-likeness (QED) is 0.739. The third-order valence-corrected chi connectivity index (χ3v) is 1.47. The van der Waals surface area contributed by atoms with E-state index < -0.39 is 6.04 Å². The molecule has 0 heterocycles. The number of nitrogens with two attached hydrogens (primary N) is 1. The molecule has 4 heteroatoms. The summed E-state index contributed by atoms with van der Waals surface area (Å²) in [6.45, 7) is -0.163.